The number of nitrogens with one attached hydrogen (secondary N) is 2. The van der Waals surface area contributed by atoms with Gasteiger partial charge in [-0.25, -0.2) is 8.42 Å². The summed E-state index contributed by atoms with van der Waals surface area (Å²) >= 11 is 12.2. The highest BCUT2D eigenvalue weighted by Gasteiger charge is 2.42. The van der Waals surface area contributed by atoms with Gasteiger partial charge in [0.1, 0.15) is 10.9 Å². The lowest BCUT2D eigenvalue weighted by atomic mass is 10.1. The Morgan fingerprint density at radius 1 is 1.00 bits per heavy atom. The Morgan fingerprint density at radius 2 is 1.70 bits per heavy atom. The summed E-state index contributed by atoms with van der Waals surface area (Å²) in [5.74, 6) is -1.10. The van der Waals surface area contributed by atoms with Crippen LogP contribution in [0, 0.1) is 0 Å². The van der Waals surface area contributed by atoms with E-state index in [0.717, 1.165) is 9.87 Å². The third kappa shape index (κ3) is 4.83. The first-order chi connectivity index (χ1) is 15.8. The highest BCUT2D eigenvalue weighted by atomic mass is 35.5. The summed E-state index contributed by atoms with van der Waals surface area (Å²) in [6.45, 7) is 0.247. The molecule has 0 bridgehead atoms. The summed E-state index contributed by atoms with van der Waals surface area (Å²) in [5, 5.41) is 5.55. The number of rotatable bonds is 6. The number of fused-ring (bicyclic) bond motifs is 1. The predicted molar refractivity (Wildman–Crippen MR) is 128 cm³/mol. The van der Waals surface area contributed by atoms with Gasteiger partial charge in [0.15, 0.2) is 0 Å². The zero-order valence-electron chi connectivity index (χ0n) is 17.2. The van der Waals surface area contributed by atoms with Gasteiger partial charge in [0.2, 0.25) is 11.8 Å². The number of hydrogen-bond acceptors (Lipinski definition) is 4. The Balaban J connectivity index is 1.70. The highest BCUT2D eigenvalue weighted by Crippen LogP contribution is 2.39. The molecule has 0 spiro atoms. The molecule has 0 saturated carbocycles. The molecular weight excluding hydrogens is 485 g/mol. The molecule has 1 heterocycles. The predicted octanol–water partition coefficient (Wildman–Crippen LogP) is 4.22. The molecule has 170 valence electrons. The molecule has 0 saturated heterocycles. The number of nitrogens with zero attached hydrogens (tertiary/aromatic N) is 1. The van der Waals surface area contributed by atoms with Gasteiger partial charge in [0.25, 0.3) is 10.0 Å². The van der Waals surface area contributed by atoms with Gasteiger partial charge >= 0.3 is 0 Å². The van der Waals surface area contributed by atoms with E-state index in [1.54, 1.807) is 24.3 Å². The number of anilines is 2. The maximum absolute atomic E-state index is 13.7. The van der Waals surface area contributed by atoms with Crippen LogP contribution in [-0.2, 0) is 26.2 Å². The molecule has 0 fully saturated rings. The largest absolute Gasteiger partial charge is 0.352 e. The Labute approximate surface area is 201 Å². The van der Waals surface area contributed by atoms with Crippen molar-refractivity contribution in [3.63, 3.8) is 0 Å². The minimum Gasteiger partial charge on any atom is -0.352 e. The number of hydrogen-bond donors (Lipinski definition) is 2. The van der Waals surface area contributed by atoms with Crippen LogP contribution < -0.4 is 14.9 Å². The van der Waals surface area contributed by atoms with Crippen molar-refractivity contribution in [3.05, 3.63) is 88.4 Å². The monoisotopic (exact) mass is 503 g/mol. The van der Waals surface area contributed by atoms with Crippen LogP contribution in [0.4, 0.5) is 11.4 Å². The van der Waals surface area contributed by atoms with Gasteiger partial charge in [-0.1, -0.05) is 65.7 Å². The van der Waals surface area contributed by atoms with Crippen molar-refractivity contribution < 1.29 is 18.0 Å². The average Bonchev–Trinajstić information content (AvgIpc) is 2.80. The first-order valence-corrected chi connectivity index (χ1v) is 12.2. The summed E-state index contributed by atoms with van der Waals surface area (Å²) in [5.41, 5.74) is 1.42. The summed E-state index contributed by atoms with van der Waals surface area (Å²) in [6, 6.07) is 18.4. The first kappa shape index (κ1) is 23.1. The van der Waals surface area contributed by atoms with Gasteiger partial charge in [-0.15, -0.1) is 0 Å². The van der Waals surface area contributed by atoms with Gasteiger partial charge in [0.05, 0.1) is 22.8 Å². The molecule has 3 aromatic carbocycles. The number of para-hydroxylation sites is 2. The Morgan fingerprint density at radius 3 is 2.45 bits per heavy atom. The van der Waals surface area contributed by atoms with E-state index in [0.29, 0.717) is 5.69 Å². The molecule has 0 aliphatic carbocycles. The van der Waals surface area contributed by atoms with Crippen molar-refractivity contribution in [2.45, 2.75) is 23.9 Å². The summed E-state index contributed by atoms with van der Waals surface area (Å²) in [7, 11) is -4.35. The van der Waals surface area contributed by atoms with Gasteiger partial charge in [-0.2, -0.15) is 0 Å². The molecule has 7 nitrogen and oxygen atoms in total. The molecule has 4 rings (SSSR count). The number of carbonyl (C=O) groups is 2. The van der Waals surface area contributed by atoms with E-state index in [-0.39, 0.29) is 33.6 Å². The molecule has 0 radical (unpaired) electrons. The SMILES string of the molecule is O=C(CC1C(=O)Nc2ccccc2N1S(=O)(=O)c1cc(Cl)ccc1Cl)NCc1ccccc1. The zero-order chi connectivity index (χ0) is 23.6. The van der Waals surface area contributed by atoms with Crippen molar-refractivity contribution >= 4 is 56.4 Å². The van der Waals surface area contributed by atoms with Crippen LogP contribution in [0.3, 0.4) is 0 Å². The number of halogens is 2. The highest BCUT2D eigenvalue weighted by molar-refractivity contribution is 7.93. The minimum atomic E-state index is -4.35. The van der Waals surface area contributed by atoms with E-state index < -0.39 is 27.9 Å². The van der Waals surface area contributed by atoms with Crippen LogP contribution in [0.5, 0.6) is 0 Å². The molecule has 1 aliphatic heterocycles. The van der Waals surface area contributed by atoms with Crippen LogP contribution in [0.15, 0.2) is 77.7 Å². The second-order valence-electron chi connectivity index (χ2n) is 7.36. The smallest absolute Gasteiger partial charge is 0.266 e. The van der Waals surface area contributed by atoms with Crippen molar-refractivity contribution in [3.8, 4) is 0 Å². The van der Waals surface area contributed by atoms with Crippen LogP contribution in [0.1, 0.15) is 12.0 Å². The molecular formula is C23H19Cl2N3O4S. The first-order valence-electron chi connectivity index (χ1n) is 9.97. The number of sulfonamides is 1. The second-order valence-corrected chi connectivity index (χ2v) is 9.99. The molecule has 0 aromatic heterocycles. The fourth-order valence-corrected chi connectivity index (χ4v) is 5.93. The second kappa shape index (κ2) is 9.43. The average molecular weight is 504 g/mol. The Kier molecular flexibility index (Phi) is 6.60. The fourth-order valence-electron chi connectivity index (χ4n) is 3.56. The van der Waals surface area contributed by atoms with Gasteiger partial charge in [0, 0.05) is 11.6 Å². The van der Waals surface area contributed by atoms with E-state index in [9.17, 15) is 18.0 Å². The normalized spacial score (nSPS) is 15.5. The topological polar surface area (TPSA) is 95.6 Å². The fraction of sp³-hybridized carbons (Fsp3) is 0.130. The maximum atomic E-state index is 13.7. The van der Waals surface area contributed by atoms with Crippen molar-refractivity contribution in [2.24, 2.45) is 0 Å². The minimum absolute atomic E-state index is 0.0462. The molecule has 1 unspecified atom stereocenters. The molecule has 1 atom stereocenters. The van der Waals surface area contributed by atoms with Gasteiger partial charge < -0.3 is 10.6 Å². The quantitative estimate of drug-likeness (QED) is 0.526. The van der Waals surface area contributed by atoms with Crippen LogP contribution in [0.2, 0.25) is 10.0 Å². The van der Waals surface area contributed by atoms with Gasteiger partial charge in [-0.05, 0) is 35.9 Å². The van der Waals surface area contributed by atoms with Gasteiger partial charge in [-0.3, -0.25) is 13.9 Å². The van der Waals surface area contributed by atoms with E-state index >= 15 is 0 Å². The van der Waals surface area contributed by atoms with Crippen LogP contribution in [-0.4, -0.2) is 26.3 Å². The standard InChI is InChI=1S/C23H19Cl2N3O4S/c24-16-10-11-17(25)21(12-16)33(31,32)28-19-9-5-4-8-18(19)27-23(30)20(28)13-22(29)26-14-15-6-2-1-3-7-15/h1-12,20H,13-14H2,(H,26,29)(H,27,30). The Bertz CT molecular complexity index is 1320. The van der Waals surface area contributed by atoms with E-state index in [4.69, 9.17) is 23.2 Å². The number of benzene rings is 3. The number of amides is 2. The summed E-state index contributed by atoms with van der Waals surface area (Å²) in [4.78, 5) is 25.4. The maximum Gasteiger partial charge on any atom is 0.266 e. The van der Waals surface area contributed by atoms with E-state index in [1.807, 2.05) is 30.3 Å². The molecule has 3 aromatic rings. The zero-order valence-corrected chi connectivity index (χ0v) is 19.5. The van der Waals surface area contributed by atoms with Crippen molar-refractivity contribution in [2.75, 3.05) is 9.62 Å². The Hall–Kier alpha value is -3.07. The lowest BCUT2D eigenvalue weighted by Crippen LogP contribution is -2.52. The lowest BCUT2D eigenvalue weighted by molar-refractivity contribution is -0.125. The molecule has 2 N–H and O–H groups in total. The number of carbonyl (C=O) groups excluding carboxylic acids is 2. The third-order valence-electron chi connectivity index (χ3n) is 5.13. The van der Waals surface area contributed by atoms with Crippen LogP contribution >= 0.6 is 23.2 Å². The van der Waals surface area contributed by atoms with E-state index in [2.05, 4.69) is 10.6 Å². The van der Waals surface area contributed by atoms with Crippen LogP contribution in [0.25, 0.3) is 0 Å². The summed E-state index contributed by atoms with van der Waals surface area (Å²) < 4.78 is 28.4. The third-order valence-corrected chi connectivity index (χ3v) is 7.67. The molecule has 33 heavy (non-hydrogen) atoms. The summed E-state index contributed by atoms with van der Waals surface area (Å²) in [6.07, 6.45) is -0.385. The lowest BCUT2D eigenvalue weighted by Gasteiger charge is -2.36. The molecule has 1 aliphatic rings. The van der Waals surface area contributed by atoms with E-state index in [1.165, 1.54) is 18.2 Å². The molecule has 2 amide bonds. The van der Waals surface area contributed by atoms with Crippen molar-refractivity contribution in [1.82, 2.24) is 5.32 Å². The molecule has 10 heteroatoms. The van der Waals surface area contributed by atoms with Crippen molar-refractivity contribution in [1.29, 1.82) is 0 Å².